The highest BCUT2D eigenvalue weighted by Gasteiger charge is 2.33. The van der Waals surface area contributed by atoms with Gasteiger partial charge in [0, 0.05) is 34.5 Å². The van der Waals surface area contributed by atoms with E-state index in [1.54, 1.807) is 6.20 Å². The number of hydrogen-bond acceptors (Lipinski definition) is 3. The standard InChI is InChI=1S/C15H17BrN4O/c1-10(11-8-17-18-9-11)19-14-5-6-20(15(14)21)13-4-2-3-12(16)7-13/h2-4,7-10,14,19H,5-6H2,1H3,(H,17,18). The van der Waals surface area contributed by atoms with Gasteiger partial charge in [-0.1, -0.05) is 22.0 Å². The van der Waals surface area contributed by atoms with Crippen molar-refractivity contribution in [2.75, 3.05) is 11.4 Å². The van der Waals surface area contributed by atoms with Crippen LogP contribution in [0.5, 0.6) is 0 Å². The third-order valence-corrected chi connectivity index (χ3v) is 4.29. The summed E-state index contributed by atoms with van der Waals surface area (Å²) in [5.41, 5.74) is 2.00. The molecule has 1 saturated heterocycles. The van der Waals surface area contributed by atoms with Crippen LogP contribution < -0.4 is 10.2 Å². The summed E-state index contributed by atoms with van der Waals surface area (Å²) in [4.78, 5) is 14.4. The highest BCUT2D eigenvalue weighted by atomic mass is 79.9. The first-order valence-corrected chi connectivity index (χ1v) is 7.76. The fourth-order valence-corrected chi connectivity index (χ4v) is 3.02. The van der Waals surface area contributed by atoms with E-state index in [-0.39, 0.29) is 18.0 Å². The molecule has 5 nitrogen and oxygen atoms in total. The number of H-pyrrole nitrogens is 1. The minimum absolute atomic E-state index is 0.0974. The van der Waals surface area contributed by atoms with E-state index in [9.17, 15) is 4.79 Å². The Bertz CT molecular complexity index is 628. The van der Waals surface area contributed by atoms with Crippen molar-refractivity contribution in [1.82, 2.24) is 15.5 Å². The molecule has 21 heavy (non-hydrogen) atoms. The molecule has 0 spiro atoms. The quantitative estimate of drug-likeness (QED) is 0.892. The highest BCUT2D eigenvalue weighted by molar-refractivity contribution is 9.10. The summed E-state index contributed by atoms with van der Waals surface area (Å²) in [6.45, 7) is 2.78. The Hall–Kier alpha value is -1.66. The zero-order valence-electron chi connectivity index (χ0n) is 11.7. The van der Waals surface area contributed by atoms with Gasteiger partial charge < -0.3 is 4.90 Å². The topological polar surface area (TPSA) is 61.0 Å². The SMILES string of the molecule is CC(NC1CCN(c2cccc(Br)c2)C1=O)c1cn[nH]c1. The fourth-order valence-electron chi connectivity index (χ4n) is 2.63. The molecule has 2 N–H and O–H groups in total. The van der Waals surface area contributed by atoms with Crippen molar-refractivity contribution < 1.29 is 4.79 Å². The van der Waals surface area contributed by atoms with Crippen LogP contribution >= 0.6 is 15.9 Å². The number of nitrogens with zero attached hydrogens (tertiary/aromatic N) is 2. The molecule has 2 atom stereocenters. The van der Waals surface area contributed by atoms with Gasteiger partial charge in [0.05, 0.1) is 12.2 Å². The minimum Gasteiger partial charge on any atom is -0.311 e. The zero-order chi connectivity index (χ0) is 14.8. The molecular weight excluding hydrogens is 332 g/mol. The average molecular weight is 349 g/mol. The minimum atomic E-state index is -0.145. The molecule has 110 valence electrons. The molecule has 3 rings (SSSR count). The van der Waals surface area contributed by atoms with E-state index in [2.05, 4.69) is 31.4 Å². The number of nitrogens with one attached hydrogen (secondary N) is 2. The molecule has 2 aromatic rings. The largest absolute Gasteiger partial charge is 0.311 e. The van der Waals surface area contributed by atoms with Gasteiger partial charge in [-0.25, -0.2) is 0 Å². The second-order valence-electron chi connectivity index (χ2n) is 5.23. The van der Waals surface area contributed by atoms with E-state index in [0.717, 1.165) is 28.7 Å². The number of hydrogen-bond donors (Lipinski definition) is 2. The van der Waals surface area contributed by atoms with Crippen LogP contribution in [0, 0.1) is 0 Å². The number of benzene rings is 1. The first kappa shape index (κ1) is 14.3. The monoisotopic (exact) mass is 348 g/mol. The molecule has 0 saturated carbocycles. The smallest absolute Gasteiger partial charge is 0.244 e. The number of carbonyl (C=O) groups is 1. The number of halogens is 1. The van der Waals surface area contributed by atoms with Crippen LogP contribution in [0.15, 0.2) is 41.1 Å². The van der Waals surface area contributed by atoms with Gasteiger partial charge in [-0.3, -0.25) is 15.2 Å². The van der Waals surface area contributed by atoms with Gasteiger partial charge >= 0.3 is 0 Å². The number of rotatable bonds is 4. The van der Waals surface area contributed by atoms with E-state index in [0.29, 0.717) is 0 Å². The Morgan fingerprint density at radius 1 is 1.52 bits per heavy atom. The molecule has 1 amide bonds. The Labute approximate surface area is 131 Å². The van der Waals surface area contributed by atoms with Crippen molar-refractivity contribution >= 4 is 27.5 Å². The number of aromatic amines is 1. The molecule has 1 fully saturated rings. The van der Waals surface area contributed by atoms with Crippen LogP contribution in [0.4, 0.5) is 5.69 Å². The van der Waals surface area contributed by atoms with Gasteiger partial charge in [-0.2, -0.15) is 5.10 Å². The predicted molar refractivity (Wildman–Crippen MR) is 85.0 cm³/mol. The maximum atomic E-state index is 12.5. The summed E-state index contributed by atoms with van der Waals surface area (Å²) in [5, 5.41) is 10.1. The second-order valence-corrected chi connectivity index (χ2v) is 6.15. The number of aromatic nitrogens is 2. The molecule has 2 heterocycles. The Balaban J connectivity index is 1.69. The Morgan fingerprint density at radius 3 is 3.10 bits per heavy atom. The van der Waals surface area contributed by atoms with E-state index >= 15 is 0 Å². The number of amides is 1. The van der Waals surface area contributed by atoms with Crippen LogP contribution in [0.25, 0.3) is 0 Å². The summed E-state index contributed by atoms with van der Waals surface area (Å²) in [5.74, 6) is 0.128. The van der Waals surface area contributed by atoms with Crippen LogP contribution in [0.2, 0.25) is 0 Å². The van der Waals surface area contributed by atoms with E-state index < -0.39 is 0 Å². The summed E-state index contributed by atoms with van der Waals surface area (Å²) >= 11 is 3.45. The maximum Gasteiger partial charge on any atom is 0.244 e. The van der Waals surface area contributed by atoms with Gasteiger partial charge in [0.25, 0.3) is 0 Å². The summed E-state index contributed by atoms with van der Waals surface area (Å²) < 4.78 is 0.982. The van der Waals surface area contributed by atoms with Crippen molar-refractivity contribution in [2.24, 2.45) is 0 Å². The first-order valence-electron chi connectivity index (χ1n) is 6.97. The van der Waals surface area contributed by atoms with Crippen LogP contribution in [-0.2, 0) is 4.79 Å². The first-order chi connectivity index (χ1) is 10.1. The van der Waals surface area contributed by atoms with Gasteiger partial charge in [-0.05, 0) is 31.5 Å². The molecule has 1 aromatic heterocycles. The van der Waals surface area contributed by atoms with Gasteiger partial charge in [0.15, 0.2) is 0 Å². The molecule has 6 heteroatoms. The van der Waals surface area contributed by atoms with Crippen molar-refractivity contribution in [3.63, 3.8) is 0 Å². The fraction of sp³-hybridized carbons (Fsp3) is 0.333. The highest BCUT2D eigenvalue weighted by Crippen LogP contribution is 2.25. The maximum absolute atomic E-state index is 12.5. The number of anilines is 1. The second kappa shape index (κ2) is 5.99. The van der Waals surface area contributed by atoms with Crippen LogP contribution in [-0.4, -0.2) is 28.7 Å². The summed E-state index contributed by atoms with van der Waals surface area (Å²) in [6.07, 6.45) is 4.44. The predicted octanol–water partition coefficient (Wildman–Crippen LogP) is 2.63. The van der Waals surface area contributed by atoms with Crippen LogP contribution in [0.1, 0.15) is 24.9 Å². The molecule has 0 aliphatic carbocycles. The average Bonchev–Trinajstić information content (AvgIpc) is 3.10. The van der Waals surface area contributed by atoms with E-state index in [4.69, 9.17) is 0 Å². The van der Waals surface area contributed by atoms with Gasteiger partial charge in [0.2, 0.25) is 5.91 Å². The van der Waals surface area contributed by atoms with E-state index in [1.807, 2.05) is 42.3 Å². The molecule has 2 unspecified atom stereocenters. The van der Waals surface area contributed by atoms with Gasteiger partial charge in [0.1, 0.15) is 0 Å². The Morgan fingerprint density at radius 2 is 2.38 bits per heavy atom. The lowest BCUT2D eigenvalue weighted by molar-refractivity contribution is -0.119. The summed E-state index contributed by atoms with van der Waals surface area (Å²) in [6, 6.07) is 7.79. The normalized spacial score (nSPS) is 20.0. The lowest BCUT2D eigenvalue weighted by atomic mass is 10.1. The van der Waals surface area contributed by atoms with Crippen molar-refractivity contribution in [1.29, 1.82) is 0 Å². The number of carbonyl (C=O) groups excluding carboxylic acids is 1. The lowest BCUT2D eigenvalue weighted by Crippen LogP contribution is -2.39. The molecule has 0 bridgehead atoms. The third kappa shape index (κ3) is 3.01. The Kier molecular flexibility index (Phi) is 4.07. The molecule has 0 radical (unpaired) electrons. The molecule has 1 aliphatic rings. The van der Waals surface area contributed by atoms with E-state index in [1.165, 1.54) is 0 Å². The van der Waals surface area contributed by atoms with Crippen molar-refractivity contribution in [3.05, 3.63) is 46.7 Å². The third-order valence-electron chi connectivity index (χ3n) is 3.80. The van der Waals surface area contributed by atoms with Crippen molar-refractivity contribution in [2.45, 2.75) is 25.4 Å². The lowest BCUT2D eigenvalue weighted by Gasteiger charge is -2.19. The molecular formula is C15H17BrN4O. The molecule has 1 aliphatic heterocycles. The zero-order valence-corrected chi connectivity index (χ0v) is 13.3. The van der Waals surface area contributed by atoms with Gasteiger partial charge in [-0.15, -0.1) is 0 Å². The van der Waals surface area contributed by atoms with Crippen LogP contribution in [0.3, 0.4) is 0 Å². The van der Waals surface area contributed by atoms with Crippen molar-refractivity contribution in [3.8, 4) is 0 Å². The molecule has 1 aromatic carbocycles. The summed E-state index contributed by atoms with van der Waals surface area (Å²) in [7, 11) is 0.